The van der Waals surface area contributed by atoms with Crippen LogP contribution in [0.3, 0.4) is 0 Å². The molecule has 0 spiro atoms. The summed E-state index contributed by atoms with van der Waals surface area (Å²) in [6.45, 7) is 20.4. The summed E-state index contributed by atoms with van der Waals surface area (Å²) < 4.78 is 57.2. The van der Waals surface area contributed by atoms with Crippen molar-refractivity contribution in [3.8, 4) is 90.5 Å². The highest BCUT2D eigenvalue weighted by Crippen LogP contribution is 2.63. The summed E-state index contributed by atoms with van der Waals surface area (Å²) in [5.41, 5.74) is 21.7. The maximum Gasteiger partial charge on any atom is 0.135 e. The zero-order valence-corrected chi connectivity index (χ0v) is 51.1. The quantitative estimate of drug-likeness (QED) is 0.120. The monoisotopic (exact) mass is 1120 g/mol. The van der Waals surface area contributed by atoms with Crippen molar-refractivity contribution in [2.45, 2.75) is 131 Å². The van der Waals surface area contributed by atoms with Crippen LogP contribution >= 0.6 is 0 Å². The van der Waals surface area contributed by atoms with Crippen molar-refractivity contribution in [1.29, 1.82) is 0 Å². The zero-order valence-electron chi connectivity index (χ0n) is 51.1. The van der Waals surface area contributed by atoms with Crippen LogP contribution in [0.1, 0.15) is 172 Å². The predicted octanol–water partition coefficient (Wildman–Crippen LogP) is 19.0. The van der Waals surface area contributed by atoms with E-state index in [1.54, 1.807) is 0 Å². The van der Waals surface area contributed by atoms with Crippen molar-refractivity contribution in [2.75, 3.05) is 28.4 Å². The van der Waals surface area contributed by atoms with Crippen molar-refractivity contribution in [2.24, 2.45) is 23.7 Å². The first kappa shape index (κ1) is 55.4. The molecule has 4 atom stereocenters. The van der Waals surface area contributed by atoms with Crippen LogP contribution in [0.15, 0.2) is 121 Å². The summed E-state index contributed by atoms with van der Waals surface area (Å²) in [5, 5.41) is 0. The Hall–Kier alpha value is -7.84. The fourth-order valence-corrected chi connectivity index (χ4v) is 15.0. The zero-order chi connectivity index (χ0) is 58.2. The van der Waals surface area contributed by atoms with Crippen molar-refractivity contribution >= 4 is 0 Å². The number of methoxy groups -OCH3 is 4. The van der Waals surface area contributed by atoms with Gasteiger partial charge in [0.05, 0.1) is 50.7 Å². The van der Waals surface area contributed by atoms with E-state index in [0.29, 0.717) is 26.4 Å². The molecule has 0 amide bonds. The van der Waals surface area contributed by atoms with E-state index in [1.165, 1.54) is 0 Å². The summed E-state index contributed by atoms with van der Waals surface area (Å²) in [6, 6.07) is 44.7. The third-order valence-corrected chi connectivity index (χ3v) is 18.4. The minimum absolute atomic E-state index is 0.228. The number of fused-ring (bicyclic) bond motifs is 24. The van der Waals surface area contributed by atoms with Crippen molar-refractivity contribution in [3.05, 3.63) is 188 Å². The van der Waals surface area contributed by atoms with Gasteiger partial charge in [-0.25, -0.2) is 0 Å². The Balaban J connectivity index is 1.28. The minimum Gasteiger partial charge on any atom is -0.496 e. The normalized spacial score (nSPS) is 17.6. The molecule has 432 valence electrons. The molecule has 1 aliphatic carbocycles. The van der Waals surface area contributed by atoms with E-state index in [-0.39, 0.29) is 47.3 Å². The molecule has 5 aliphatic rings. The van der Waals surface area contributed by atoms with Gasteiger partial charge in [0.2, 0.25) is 0 Å². The highest BCUT2D eigenvalue weighted by atomic mass is 16.5. The Kier molecular flexibility index (Phi) is 14.7. The topological polar surface area (TPSA) is 73.8 Å². The third kappa shape index (κ3) is 9.16. The van der Waals surface area contributed by atoms with Crippen LogP contribution in [0, 0.1) is 23.7 Å². The average Bonchev–Trinajstić information content (AvgIpc) is 0.925. The molecule has 0 saturated heterocycles. The summed E-state index contributed by atoms with van der Waals surface area (Å²) >= 11 is 0. The van der Waals surface area contributed by atoms with E-state index in [9.17, 15) is 0 Å². The van der Waals surface area contributed by atoms with Gasteiger partial charge in [0, 0.05) is 68.2 Å². The van der Waals surface area contributed by atoms with Crippen LogP contribution in [0.4, 0.5) is 0 Å². The first-order valence-electron chi connectivity index (χ1n) is 30.6. The number of benzene rings is 8. The van der Waals surface area contributed by atoms with Gasteiger partial charge in [-0.15, -0.1) is 0 Å². The lowest BCUT2D eigenvalue weighted by atomic mass is 9.71. The van der Waals surface area contributed by atoms with Crippen molar-refractivity contribution < 1.29 is 37.9 Å². The molecule has 13 rings (SSSR count). The second-order valence-electron chi connectivity index (χ2n) is 25.7. The van der Waals surface area contributed by atoms with Gasteiger partial charge in [-0.05, 0) is 118 Å². The maximum absolute atomic E-state index is 7.31. The Morgan fingerprint density at radius 1 is 0.310 bits per heavy atom. The highest BCUT2D eigenvalue weighted by Gasteiger charge is 2.43. The number of hydrogen-bond acceptors (Lipinski definition) is 8. The van der Waals surface area contributed by atoms with Gasteiger partial charge in [-0.3, -0.25) is 0 Å². The molecule has 4 unspecified atom stereocenters. The highest BCUT2D eigenvalue weighted by molar-refractivity contribution is 5.90. The van der Waals surface area contributed by atoms with Gasteiger partial charge in [-0.1, -0.05) is 152 Å². The van der Waals surface area contributed by atoms with Gasteiger partial charge in [-0.2, -0.15) is 0 Å². The van der Waals surface area contributed by atoms with Gasteiger partial charge >= 0.3 is 0 Å². The molecule has 4 aliphatic heterocycles. The van der Waals surface area contributed by atoms with Gasteiger partial charge in [0.1, 0.15) is 72.4 Å². The predicted molar refractivity (Wildman–Crippen MR) is 336 cm³/mol. The first-order chi connectivity index (χ1) is 40.8. The van der Waals surface area contributed by atoms with Gasteiger partial charge in [0.25, 0.3) is 0 Å². The molecule has 0 N–H and O–H groups in total. The van der Waals surface area contributed by atoms with Gasteiger partial charge < -0.3 is 37.9 Å². The molecule has 0 saturated carbocycles. The molecular formula is C76H80O8. The van der Waals surface area contributed by atoms with E-state index in [1.807, 2.05) is 28.4 Å². The van der Waals surface area contributed by atoms with Crippen LogP contribution in [0.25, 0.3) is 44.5 Å². The first-order valence-corrected chi connectivity index (χ1v) is 30.6. The Morgan fingerprint density at radius 3 is 0.702 bits per heavy atom. The molecule has 4 heterocycles. The maximum atomic E-state index is 7.31. The van der Waals surface area contributed by atoms with E-state index in [0.717, 1.165) is 183 Å². The molecule has 8 nitrogen and oxygen atoms in total. The Bertz CT molecular complexity index is 3270. The number of rotatable bonds is 12. The smallest absolute Gasteiger partial charge is 0.135 e. The summed E-state index contributed by atoms with van der Waals surface area (Å²) in [4.78, 5) is 0. The molecule has 84 heavy (non-hydrogen) atoms. The summed E-state index contributed by atoms with van der Waals surface area (Å²) in [6.07, 6.45) is 3.18. The lowest BCUT2D eigenvalue weighted by Gasteiger charge is -2.37. The van der Waals surface area contributed by atoms with Crippen LogP contribution in [-0.4, -0.2) is 28.4 Å². The second kappa shape index (κ2) is 22.3. The molecule has 8 heteroatoms. The second-order valence-corrected chi connectivity index (χ2v) is 25.7. The van der Waals surface area contributed by atoms with E-state index < -0.39 is 0 Å². The molecule has 0 radical (unpaired) electrons. The third-order valence-electron chi connectivity index (χ3n) is 18.4. The minimum atomic E-state index is -0.228. The van der Waals surface area contributed by atoms with Crippen molar-refractivity contribution in [3.63, 3.8) is 0 Å². The average molecular weight is 1120 g/mol. The van der Waals surface area contributed by atoms with Crippen LogP contribution < -0.4 is 37.9 Å². The molecule has 0 aromatic heterocycles. The molecule has 8 aromatic carbocycles. The van der Waals surface area contributed by atoms with E-state index >= 15 is 0 Å². The molecule has 0 fully saturated rings. The van der Waals surface area contributed by atoms with E-state index in [2.05, 4.69) is 177 Å². The molecular weight excluding hydrogens is 1040 g/mol. The SMILES string of the molecule is COc1c2cc(c3c1-c1ccccc1CO3)C(CC(C)C)c1cc(c3c(c1OC)-c1ccccc1CO3)C(CC(C)C)c1cc(c3c(c1OC)-c1ccccc1CO3)C(CC(C)C)c1cc(c3c(c1OC)-c1ccccc1CO3)C2CC(C)C. The van der Waals surface area contributed by atoms with E-state index in [4.69, 9.17) is 37.9 Å². The Morgan fingerprint density at radius 2 is 0.512 bits per heavy atom. The largest absolute Gasteiger partial charge is 0.496 e. The lowest BCUT2D eigenvalue weighted by molar-refractivity contribution is 0.289. The van der Waals surface area contributed by atoms with Crippen LogP contribution in [0.2, 0.25) is 0 Å². The molecule has 8 aromatic rings. The number of ether oxygens (including phenoxy) is 8. The summed E-state index contributed by atoms with van der Waals surface area (Å²) in [5.74, 6) is 6.77. The van der Waals surface area contributed by atoms with Gasteiger partial charge in [0.15, 0.2) is 0 Å². The fourth-order valence-electron chi connectivity index (χ4n) is 15.0. The lowest BCUT2D eigenvalue weighted by Crippen LogP contribution is -2.21. The Labute approximate surface area is 497 Å². The van der Waals surface area contributed by atoms with Crippen molar-refractivity contribution in [1.82, 2.24) is 0 Å². The fraction of sp³-hybridized carbons (Fsp3) is 0.368. The van der Waals surface area contributed by atoms with Crippen LogP contribution in [-0.2, 0) is 26.4 Å². The number of hydrogen-bond donors (Lipinski definition) is 0. The summed E-state index contributed by atoms with van der Waals surface area (Å²) in [7, 11) is 7.37. The standard InChI is InChI=1S/C76H80O8/c1-41(2)29-53-57-33-62(74-65(69(57)77-9)49-25-17-13-22-46(49)38-82-74)55(31-43(5)6)59-35-64(76-67(71(59)79-11)51-27-19-15-24-48(51)40-84-76)56(32-44(7)8)60-36-63(75-68(72(60)80-12)52-28-20-16-23-47(52)39-83-75)54(30-42(3)4)58-34-61(53)73-66(70(58)78-10)50-26-18-14-21-45(50)37-81-73/h13-28,33-36,41-44,53-56H,29-32,37-40H2,1-12H3. The molecule has 8 bridgehead atoms. The van der Waals surface area contributed by atoms with Crippen LogP contribution in [0.5, 0.6) is 46.0 Å².